The molecule has 0 aliphatic heterocycles. The summed E-state index contributed by atoms with van der Waals surface area (Å²) in [6, 6.07) is 5.96. The zero-order valence-electron chi connectivity index (χ0n) is 10.2. The number of halogens is 1. The number of nitrogens with one attached hydrogen (secondary N) is 2. The van der Waals surface area contributed by atoms with Gasteiger partial charge in [0.2, 0.25) is 0 Å². The van der Waals surface area contributed by atoms with Crippen molar-refractivity contribution < 1.29 is 9.18 Å². The molecular formula is C13H14FN3O. The van der Waals surface area contributed by atoms with Gasteiger partial charge in [-0.3, -0.25) is 9.89 Å². The van der Waals surface area contributed by atoms with Gasteiger partial charge in [-0.15, -0.1) is 0 Å². The highest BCUT2D eigenvalue weighted by atomic mass is 19.1. The van der Waals surface area contributed by atoms with E-state index in [-0.39, 0.29) is 11.5 Å². The molecule has 0 fully saturated rings. The first-order valence-electron chi connectivity index (χ1n) is 5.71. The van der Waals surface area contributed by atoms with Gasteiger partial charge in [-0.1, -0.05) is 6.92 Å². The number of carbonyl (C=O) groups is 1. The van der Waals surface area contributed by atoms with E-state index in [4.69, 9.17) is 0 Å². The lowest BCUT2D eigenvalue weighted by Crippen LogP contribution is -2.12. The Balaban J connectivity index is 2.16. The Bertz CT molecular complexity index is 557. The SMILES string of the molecule is CCc1cc(NC(=O)c2cc(C)cc(F)c2)n[nH]1. The number of aromatic amines is 1. The second kappa shape index (κ2) is 5.00. The minimum absolute atomic E-state index is 0.286. The van der Waals surface area contributed by atoms with E-state index in [1.165, 1.54) is 12.1 Å². The Morgan fingerprint density at radius 2 is 2.17 bits per heavy atom. The fourth-order valence-corrected chi connectivity index (χ4v) is 1.66. The van der Waals surface area contributed by atoms with E-state index in [1.807, 2.05) is 6.92 Å². The third-order valence-electron chi connectivity index (χ3n) is 2.56. The van der Waals surface area contributed by atoms with Gasteiger partial charge in [0, 0.05) is 17.3 Å². The number of H-pyrrole nitrogens is 1. The van der Waals surface area contributed by atoms with Crippen LogP contribution in [0.1, 0.15) is 28.5 Å². The van der Waals surface area contributed by atoms with E-state index in [9.17, 15) is 9.18 Å². The van der Waals surface area contributed by atoms with E-state index in [0.29, 0.717) is 11.4 Å². The number of aromatic nitrogens is 2. The molecule has 0 radical (unpaired) electrons. The van der Waals surface area contributed by atoms with Crippen molar-refractivity contribution in [1.29, 1.82) is 0 Å². The summed E-state index contributed by atoms with van der Waals surface area (Å²) in [5.41, 5.74) is 1.92. The Morgan fingerprint density at radius 1 is 1.39 bits per heavy atom. The molecule has 0 aliphatic carbocycles. The Hall–Kier alpha value is -2.17. The van der Waals surface area contributed by atoms with Crippen LogP contribution < -0.4 is 5.32 Å². The number of hydrogen-bond donors (Lipinski definition) is 2. The maximum absolute atomic E-state index is 13.2. The second-order valence-electron chi connectivity index (χ2n) is 4.10. The van der Waals surface area contributed by atoms with Gasteiger partial charge >= 0.3 is 0 Å². The summed E-state index contributed by atoms with van der Waals surface area (Å²) in [4.78, 5) is 11.9. The highest BCUT2D eigenvalue weighted by molar-refractivity contribution is 6.03. The van der Waals surface area contributed by atoms with Crippen molar-refractivity contribution in [2.45, 2.75) is 20.3 Å². The Morgan fingerprint density at radius 3 is 2.78 bits per heavy atom. The van der Waals surface area contributed by atoms with Crippen LogP contribution >= 0.6 is 0 Å². The van der Waals surface area contributed by atoms with Crippen LogP contribution in [0.25, 0.3) is 0 Å². The topological polar surface area (TPSA) is 57.8 Å². The largest absolute Gasteiger partial charge is 0.305 e. The monoisotopic (exact) mass is 247 g/mol. The van der Waals surface area contributed by atoms with Gasteiger partial charge in [0.1, 0.15) is 5.82 Å². The first kappa shape index (κ1) is 12.3. The molecule has 5 heteroatoms. The maximum atomic E-state index is 13.2. The summed E-state index contributed by atoms with van der Waals surface area (Å²) in [5, 5.41) is 9.36. The van der Waals surface area contributed by atoms with Crippen molar-refractivity contribution in [3.8, 4) is 0 Å². The predicted molar refractivity (Wildman–Crippen MR) is 67.1 cm³/mol. The number of amides is 1. The van der Waals surface area contributed by atoms with Crippen LogP contribution in [0.2, 0.25) is 0 Å². The van der Waals surface area contributed by atoms with Crippen molar-refractivity contribution in [2.24, 2.45) is 0 Å². The molecule has 1 aromatic heterocycles. The molecule has 0 aliphatic rings. The minimum Gasteiger partial charge on any atom is -0.305 e. The zero-order valence-corrected chi connectivity index (χ0v) is 10.2. The first-order chi connectivity index (χ1) is 8.58. The fraction of sp³-hybridized carbons (Fsp3) is 0.231. The van der Waals surface area contributed by atoms with Gasteiger partial charge in [-0.2, -0.15) is 5.10 Å². The Labute approximate surface area is 104 Å². The molecule has 0 bridgehead atoms. The molecule has 2 N–H and O–H groups in total. The number of nitrogens with zero attached hydrogens (tertiary/aromatic N) is 1. The van der Waals surface area contributed by atoms with Crippen molar-refractivity contribution in [2.75, 3.05) is 5.32 Å². The second-order valence-corrected chi connectivity index (χ2v) is 4.10. The van der Waals surface area contributed by atoms with E-state index in [0.717, 1.165) is 12.1 Å². The Kier molecular flexibility index (Phi) is 3.41. The van der Waals surface area contributed by atoms with Crippen molar-refractivity contribution in [3.63, 3.8) is 0 Å². The molecule has 0 atom stereocenters. The number of benzene rings is 1. The molecule has 2 aromatic rings. The van der Waals surface area contributed by atoms with E-state index in [1.54, 1.807) is 19.1 Å². The van der Waals surface area contributed by atoms with Gasteiger partial charge in [0.15, 0.2) is 5.82 Å². The summed E-state index contributed by atoms with van der Waals surface area (Å²) < 4.78 is 13.2. The average Bonchev–Trinajstić information content (AvgIpc) is 2.75. The lowest BCUT2D eigenvalue weighted by Gasteiger charge is -2.03. The van der Waals surface area contributed by atoms with Crippen molar-refractivity contribution >= 4 is 11.7 Å². The normalized spacial score (nSPS) is 10.4. The zero-order chi connectivity index (χ0) is 13.1. The third kappa shape index (κ3) is 2.74. The van der Waals surface area contributed by atoms with Gasteiger partial charge < -0.3 is 5.32 Å². The van der Waals surface area contributed by atoms with Gasteiger partial charge in [-0.25, -0.2) is 4.39 Å². The highest BCUT2D eigenvalue weighted by Crippen LogP contribution is 2.12. The summed E-state index contributed by atoms with van der Waals surface area (Å²) in [5.74, 6) is -0.345. The molecule has 18 heavy (non-hydrogen) atoms. The molecule has 0 saturated carbocycles. The fourth-order valence-electron chi connectivity index (χ4n) is 1.66. The van der Waals surface area contributed by atoms with E-state index in [2.05, 4.69) is 15.5 Å². The summed E-state index contributed by atoms with van der Waals surface area (Å²) >= 11 is 0. The van der Waals surface area contributed by atoms with Crippen LogP contribution in [-0.2, 0) is 6.42 Å². The molecule has 0 saturated heterocycles. The molecule has 4 nitrogen and oxygen atoms in total. The lowest BCUT2D eigenvalue weighted by molar-refractivity contribution is 0.102. The molecule has 1 amide bonds. The van der Waals surface area contributed by atoms with Crippen LogP contribution in [0.4, 0.5) is 10.2 Å². The van der Waals surface area contributed by atoms with Crippen LogP contribution in [0.5, 0.6) is 0 Å². The summed E-state index contributed by atoms with van der Waals surface area (Å²) in [7, 11) is 0. The van der Waals surface area contributed by atoms with Crippen LogP contribution in [-0.4, -0.2) is 16.1 Å². The van der Waals surface area contributed by atoms with Crippen LogP contribution in [0, 0.1) is 12.7 Å². The molecule has 0 unspecified atom stereocenters. The standard InChI is InChI=1S/C13H14FN3O/c1-3-11-7-12(17-16-11)15-13(18)9-4-8(2)5-10(14)6-9/h4-7H,3H2,1-2H3,(H2,15,16,17,18). The van der Waals surface area contributed by atoms with Crippen molar-refractivity contribution in [3.05, 3.63) is 46.9 Å². The smallest absolute Gasteiger partial charge is 0.256 e. The molecule has 94 valence electrons. The summed E-state index contributed by atoms with van der Waals surface area (Å²) in [6.07, 6.45) is 0.807. The molecule has 1 heterocycles. The highest BCUT2D eigenvalue weighted by Gasteiger charge is 2.10. The molecular weight excluding hydrogens is 233 g/mol. The van der Waals surface area contributed by atoms with E-state index >= 15 is 0 Å². The van der Waals surface area contributed by atoms with Gasteiger partial charge in [0.05, 0.1) is 0 Å². The molecule has 1 aromatic carbocycles. The maximum Gasteiger partial charge on any atom is 0.256 e. The number of anilines is 1. The average molecular weight is 247 g/mol. The third-order valence-corrected chi connectivity index (χ3v) is 2.56. The van der Waals surface area contributed by atoms with Gasteiger partial charge in [0.25, 0.3) is 5.91 Å². The number of rotatable bonds is 3. The number of hydrogen-bond acceptors (Lipinski definition) is 2. The van der Waals surface area contributed by atoms with Gasteiger partial charge in [-0.05, 0) is 37.1 Å². The lowest BCUT2D eigenvalue weighted by atomic mass is 10.1. The van der Waals surface area contributed by atoms with Crippen LogP contribution in [0.3, 0.4) is 0 Å². The van der Waals surface area contributed by atoms with Crippen molar-refractivity contribution in [1.82, 2.24) is 10.2 Å². The van der Waals surface area contributed by atoms with Crippen LogP contribution in [0.15, 0.2) is 24.3 Å². The molecule has 2 rings (SSSR count). The quantitative estimate of drug-likeness (QED) is 0.876. The minimum atomic E-state index is -0.420. The summed E-state index contributed by atoms with van der Waals surface area (Å²) in [6.45, 7) is 3.72. The number of aryl methyl sites for hydroxylation is 2. The molecule has 0 spiro atoms. The van der Waals surface area contributed by atoms with E-state index < -0.39 is 5.82 Å². The first-order valence-corrected chi connectivity index (χ1v) is 5.71. The number of carbonyl (C=O) groups excluding carboxylic acids is 1. The predicted octanol–water partition coefficient (Wildman–Crippen LogP) is 2.67.